The summed E-state index contributed by atoms with van der Waals surface area (Å²) in [7, 11) is 0. The van der Waals surface area contributed by atoms with Crippen molar-refractivity contribution < 1.29 is 18.1 Å². The van der Waals surface area contributed by atoms with E-state index in [-0.39, 0.29) is 11.6 Å². The van der Waals surface area contributed by atoms with Gasteiger partial charge in [0, 0.05) is 11.8 Å². The molecule has 0 aliphatic heterocycles. The van der Waals surface area contributed by atoms with Crippen molar-refractivity contribution in [1.82, 2.24) is 14.9 Å². The van der Waals surface area contributed by atoms with Crippen molar-refractivity contribution in [3.8, 4) is 0 Å². The van der Waals surface area contributed by atoms with Gasteiger partial charge in [0.05, 0.1) is 5.69 Å². The van der Waals surface area contributed by atoms with Crippen LogP contribution in [-0.4, -0.2) is 20.8 Å². The third-order valence-corrected chi connectivity index (χ3v) is 2.61. The van der Waals surface area contributed by atoms with Gasteiger partial charge < -0.3 is 4.52 Å². The molecule has 1 N–H and O–H groups in total. The van der Waals surface area contributed by atoms with Crippen LogP contribution in [0.5, 0.6) is 0 Å². The Morgan fingerprint density at radius 2 is 2.32 bits per heavy atom. The summed E-state index contributed by atoms with van der Waals surface area (Å²) in [5, 5.41) is 9.65. The normalized spacial score (nSPS) is 11.0. The molecule has 8 heteroatoms. The van der Waals surface area contributed by atoms with Crippen molar-refractivity contribution >= 4 is 11.8 Å². The van der Waals surface area contributed by atoms with E-state index in [9.17, 15) is 13.6 Å². The molecule has 0 spiro atoms. The highest BCUT2D eigenvalue weighted by Crippen LogP contribution is 2.20. The minimum atomic E-state index is -2.78. The van der Waals surface area contributed by atoms with Gasteiger partial charge in [-0.15, -0.1) is 0 Å². The van der Waals surface area contributed by atoms with Gasteiger partial charge in [-0.2, -0.15) is 13.9 Å². The average Bonchev–Trinajstić information content (AvgIpc) is 2.96. The first kappa shape index (κ1) is 13.2. The van der Waals surface area contributed by atoms with Crippen LogP contribution in [0.4, 0.5) is 14.7 Å². The molecule has 6 nitrogen and oxygen atoms in total. The fraction of sp³-hybridized carbons (Fsp3) is 0.364. The number of anilines is 1. The van der Waals surface area contributed by atoms with E-state index in [0.29, 0.717) is 16.8 Å². The van der Waals surface area contributed by atoms with E-state index in [1.54, 1.807) is 6.92 Å². The van der Waals surface area contributed by atoms with Gasteiger partial charge in [0.15, 0.2) is 5.69 Å². The molecule has 0 unspecified atom stereocenters. The number of rotatable bonds is 4. The maximum Gasteiger partial charge on any atom is 0.333 e. The van der Waals surface area contributed by atoms with Gasteiger partial charge in [0.25, 0.3) is 5.91 Å². The molecular weight excluding hydrogens is 258 g/mol. The summed E-state index contributed by atoms with van der Waals surface area (Å²) in [6.45, 7) is 0.866. The van der Waals surface area contributed by atoms with Gasteiger partial charge in [0.1, 0.15) is 0 Å². The monoisotopic (exact) mass is 270 g/mol. The molecule has 102 valence electrons. The van der Waals surface area contributed by atoms with Gasteiger partial charge in [0.2, 0.25) is 5.88 Å². The van der Waals surface area contributed by atoms with Crippen molar-refractivity contribution in [3.63, 3.8) is 0 Å². The number of carbonyl (C=O) groups is 1. The number of alkyl halides is 2. The molecule has 19 heavy (non-hydrogen) atoms. The third kappa shape index (κ3) is 2.61. The molecule has 0 aliphatic rings. The van der Waals surface area contributed by atoms with E-state index in [1.807, 2.05) is 6.92 Å². The summed E-state index contributed by atoms with van der Waals surface area (Å²) in [5.74, 6) is -0.401. The molecule has 0 saturated heterocycles. The molecule has 0 aromatic carbocycles. The lowest BCUT2D eigenvalue weighted by molar-refractivity contribution is 0.0561. The molecule has 1 amide bonds. The number of hydrogen-bond acceptors (Lipinski definition) is 4. The van der Waals surface area contributed by atoms with Crippen LogP contribution in [0, 0.1) is 6.92 Å². The first-order valence-electron chi connectivity index (χ1n) is 5.62. The third-order valence-electron chi connectivity index (χ3n) is 2.61. The zero-order chi connectivity index (χ0) is 14.0. The fourth-order valence-corrected chi connectivity index (χ4v) is 1.64. The number of hydrogen-bond donors (Lipinski definition) is 1. The minimum Gasteiger partial charge on any atom is -0.338 e. The highest BCUT2D eigenvalue weighted by atomic mass is 19.3. The van der Waals surface area contributed by atoms with Crippen molar-refractivity contribution in [1.29, 1.82) is 0 Å². The second-order valence-corrected chi connectivity index (χ2v) is 3.84. The van der Waals surface area contributed by atoms with Gasteiger partial charge in [-0.3, -0.25) is 10.1 Å². The number of carbonyl (C=O) groups excluding carboxylic acids is 1. The lowest BCUT2D eigenvalue weighted by atomic mass is 10.2. The average molecular weight is 270 g/mol. The first-order chi connectivity index (χ1) is 9.02. The van der Waals surface area contributed by atoms with Crippen LogP contribution >= 0.6 is 0 Å². The van der Waals surface area contributed by atoms with Gasteiger partial charge >= 0.3 is 6.55 Å². The molecule has 0 bridgehead atoms. The van der Waals surface area contributed by atoms with Crippen LogP contribution in [0.25, 0.3) is 0 Å². The molecule has 0 fully saturated rings. The van der Waals surface area contributed by atoms with Crippen LogP contribution in [0.15, 0.2) is 16.8 Å². The van der Waals surface area contributed by atoms with Crippen LogP contribution < -0.4 is 5.32 Å². The Hall–Kier alpha value is -2.25. The van der Waals surface area contributed by atoms with E-state index < -0.39 is 12.5 Å². The van der Waals surface area contributed by atoms with E-state index in [0.717, 1.165) is 11.8 Å². The maximum absolute atomic E-state index is 12.3. The Morgan fingerprint density at radius 3 is 2.89 bits per heavy atom. The van der Waals surface area contributed by atoms with Gasteiger partial charge in [-0.05, 0) is 19.4 Å². The zero-order valence-corrected chi connectivity index (χ0v) is 10.4. The Balaban J connectivity index is 2.16. The molecule has 2 aromatic heterocycles. The smallest absolute Gasteiger partial charge is 0.333 e. The van der Waals surface area contributed by atoms with Gasteiger partial charge in [-0.1, -0.05) is 12.1 Å². The van der Waals surface area contributed by atoms with Crippen molar-refractivity contribution in [2.75, 3.05) is 5.32 Å². The molecule has 0 radical (unpaired) electrons. The van der Waals surface area contributed by atoms with Crippen LogP contribution in [-0.2, 0) is 6.42 Å². The lowest BCUT2D eigenvalue weighted by Gasteiger charge is -2.01. The summed E-state index contributed by atoms with van der Waals surface area (Å²) in [6.07, 6.45) is 1.67. The second kappa shape index (κ2) is 5.17. The zero-order valence-electron chi connectivity index (χ0n) is 10.4. The molecule has 2 heterocycles. The topological polar surface area (TPSA) is 73.0 Å². The summed E-state index contributed by atoms with van der Waals surface area (Å²) >= 11 is 0. The SMILES string of the molecule is CCc1c(C)noc1NC(=O)c1ccn(C(F)F)n1. The molecular formula is C11H12F2N4O2. The summed E-state index contributed by atoms with van der Waals surface area (Å²) in [6, 6.07) is 1.20. The number of aryl methyl sites for hydroxylation is 1. The molecule has 0 aliphatic carbocycles. The predicted octanol–water partition coefficient (Wildman–Crippen LogP) is 2.39. The second-order valence-electron chi connectivity index (χ2n) is 3.84. The van der Waals surface area contributed by atoms with Crippen molar-refractivity contribution in [2.45, 2.75) is 26.8 Å². The van der Waals surface area contributed by atoms with Crippen molar-refractivity contribution in [3.05, 3.63) is 29.2 Å². The molecule has 0 atom stereocenters. The standard InChI is InChI=1S/C11H12F2N4O2/c1-3-7-6(2)16-19-10(7)14-9(18)8-4-5-17(15-8)11(12)13/h4-5,11H,3H2,1-2H3,(H,14,18). The highest BCUT2D eigenvalue weighted by Gasteiger charge is 2.18. The number of nitrogens with zero attached hydrogens (tertiary/aromatic N) is 3. The Morgan fingerprint density at radius 1 is 1.58 bits per heavy atom. The van der Waals surface area contributed by atoms with Crippen molar-refractivity contribution in [2.24, 2.45) is 0 Å². The van der Waals surface area contributed by atoms with E-state index in [2.05, 4.69) is 15.6 Å². The maximum atomic E-state index is 12.3. The quantitative estimate of drug-likeness (QED) is 0.925. The largest absolute Gasteiger partial charge is 0.338 e. The minimum absolute atomic E-state index is 0.114. The lowest BCUT2D eigenvalue weighted by Crippen LogP contribution is -2.14. The molecule has 2 aromatic rings. The fourth-order valence-electron chi connectivity index (χ4n) is 1.64. The number of nitrogens with one attached hydrogen (secondary N) is 1. The highest BCUT2D eigenvalue weighted by molar-refractivity contribution is 6.02. The summed E-state index contributed by atoms with van der Waals surface area (Å²) in [5.41, 5.74) is 1.33. The summed E-state index contributed by atoms with van der Waals surface area (Å²) < 4.78 is 30.0. The number of amides is 1. The van der Waals surface area contributed by atoms with Crippen LogP contribution in [0.3, 0.4) is 0 Å². The van der Waals surface area contributed by atoms with E-state index >= 15 is 0 Å². The Labute approximate surface area is 107 Å². The molecule has 0 saturated carbocycles. The number of halogens is 2. The summed E-state index contributed by atoms with van der Waals surface area (Å²) in [4.78, 5) is 11.8. The molecule has 2 rings (SSSR count). The number of aromatic nitrogens is 3. The predicted molar refractivity (Wildman–Crippen MR) is 62.1 cm³/mol. The van der Waals surface area contributed by atoms with E-state index in [1.165, 1.54) is 6.07 Å². The van der Waals surface area contributed by atoms with E-state index in [4.69, 9.17) is 4.52 Å². The first-order valence-corrected chi connectivity index (χ1v) is 5.62. The van der Waals surface area contributed by atoms with Crippen LogP contribution in [0.1, 0.15) is 35.2 Å². The Bertz CT molecular complexity index is 591. The van der Waals surface area contributed by atoms with Crippen LogP contribution in [0.2, 0.25) is 0 Å². The van der Waals surface area contributed by atoms with Gasteiger partial charge in [-0.25, -0.2) is 4.68 Å². The Kier molecular flexibility index (Phi) is 3.59.